The van der Waals surface area contributed by atoms with Crippen LogP contribution in [0.4, 0.5) is 10.5 Å². The van der Waals surface area contributed by atoms with Crippen LogP contribution in [-0.2, 0) is 4.74 Å². The molecule has 9 nitrogen and oxygen atoms in total. The van der Waals surface area contributed by atoms with E-state index in [0.29, 0.717) is 49.8 Å². The SMILES string of the molecule is CCOc1ccc(N2C(=O)c3ccc(C(=O)N4CCN(C(=O)OC(C)(C)C)CC4)cc3C2=O)cc1. The second-order valence-corrected chi connectivity index (χ2v) is 9.39. The first-order chi connectivity index (χ1) is 16.6. The molecular formula is C26H29N3O6. The second-order valence-electron chi connectivity index (χ2n) is 9.39. The molecule has 2 aromatic rings. The number of carbonyl (C=O) groups excluding carboxylic acids is 4. The summed E-state index contributed by atoms with van der Waals surface area (Å²) in [5, 5.41) is 0. The van der Waals surface area contributed by atoms with E-state index in [4.69, 9.17) is 9.47 Å². The van der Waals surface area contributed by atoms with Crippen molar-refractivity contribution < 1.29 is 28.7 Å². The lowest BCUT2D eigenvalue weighted by atomic mass is 10.0. The molecule has 1 saturated heterocycles. The number of amides is 4. The van der Waals surface area contributed by atoms with Crippen LogP contribution in [-0.4, -0.2) is 72.0 Å². The summed E-state index contributed by atoms with van der Waals surface area (Å²) >= 11 is 0. The molecule has 0 radical (unpaired) electrons. The highest BCUT2D eigenvalue weighted by Gasteiger charge is 2.37. The van der Waals surface area contributed by atoms with Crippen LogP contribution in [0.15, 0.2) is 42.5 Å². The Hall–Kier alpha value is -3.88. The predicted octanol–water partition coefficient (Wildman–Crippen LogP) is 3.58. The van der Waals surface area contributed by atoms with Crippen LogP contribution in [0.3, 0.4) is 0 Å². The lowest BCUT2D eigenvalue weighted by Gasteiger charge is -2.35. The van der Waals surface area contributed by atoms with E-state index >= 15 is 0 Å². The van der Waals surface area contributed by atoms with Gasteiger partial charge in [0, 0.05) is 31.7 Å². The minimum atomic E-state index is -0.586. The fraction of sp³-hybridized carbons (Fsp3) is 0.385. The van der Waals surface area contributed by atoms with E-state index in [1.165, 1.54) is 12.1 Å². The standard InChI is InChI=1S/C26H29N3O6/c1-5-34-19-9-7-18(8-10-19)29-23(31)20-11-6-17(16-21(20)24(29)32)22(30)27-12-14-28(15-13-27)25(33)35-26(2,3)4/h6-11,16H,5,12-15H2,1-4H3. The van der Waals surface area contributed by atoms with Gasteiger partial charge in [-0.05, 0) is 70.2 Å². The van der Waals surface area contributed by atoms with Gasteiger partial charge in [-0.2, -0.15) is 0 Å². The molecule has 0 unspecified atom stereocenters. The molecular weight excluding hydrogens is 450 g/mol. The van der Waals surface area contributed by atoms with E-state index in [0.717, 1.165) is 4.90 Å². The molecule has 2 aliphatic heterocycles. The highest BCUT2D eigenvalue weighted by molar-refractivity contribution is 6.34. The summed E-state index contributed by atoms with van der Waals surface area (Å²) in [5.41, 5.74) is 0.629. The average Bonchev–Trinajstić information content (AvgIpc) is 3.08. The quantitative estimate of drug-likeness (QED) is 0.622. The zero-order chi connectivity index (χ0) is 25.3. The molecule has 0 atom stereocenters. The third-order valence-corrected chi connectivity index (χ3v) is 5.76. The maximum atomic E-state index is 13.1. The molecule has 0 N–H and O–H groups in total. The van der Waals surface area contributed by atoms with Crippen LogP contribution >= 0.6 is 0 Å². The van der Waals surface area contributed by atoms with E-state index in [1.807, 2.05) is 27.7 Å². The van der Waals surface area contributed by atoms with E-state index in [9.17, 15) is 19.2 Å². The van der Waals surface area contributed by atoms with Gasteiger partial charge in [-0.25, -0.2) is 9.69 Å². The zero-order valence-corrected chi connectivity index (χ0v) is 20.4. The van der Waals surface area contributed by atoms with Gasteiger partial charge in [0.25, 0.3) is 17.7 Å². The summed E-state index contributed by atoms with van der Waals surface area (Å²) < 4.78 is 10.8. The summed E-state index contributed by atoms with van der Waals surface area (Å²) in [7, 11) is 0. The van der Waals surface area contributed by atoms with Gasteiger partial charge in [-0.15, -0.1) is 0 Å². The van der Waals surface area contributed by atoms with Crippen molar-refractivity contribution in [2.75, 3.05) is 37.7 Å². The Morgan fingerprint density at radius 3 is 2.06 bits per heavy atom. The Balaban J connectivity index is 1.45. The Kier molecular flexibility index (Phi) is 6.51. The number of fused-ring (bicyclic) bond motifs is 1. The van der Waals surface area contributed by atoms with E-state index < -0.39 is 23.5 Å². The van der Waals surface area contributed by atoms with Crippen LogP contribution in [0, 0.1) is 0 Å². The van der Waals surface area contributed by atoms with Crippen LogP contribution < -0.4 is 9.64 Å². The summed E-state index contributed by atoms with van der Waals surface area (Å²) in [6, 6.07) is 11.3. The minimum absolute atomic E-state index is 0.196. The van der Waals surface area contributed by atoms with Crippen molar-refractivity contribution in [1.82, 2.24) is 9.80 Å². The monoisotopic (exact) mass is 479 g/mol. The van der Waals surface area contributed by atoms with Gasteiger partial charge >= 0.3 is 6.09 Å². The Morgan fingerprint density at radius 2 is 1.46 bits per heavy atom. The first-order valence-corrected chi connectivity index (χ1v) is 11.6. The van der Waals surface area contributed by atoms with E-state index in [1.54, 1.807) is 40.1 Å². The summed E-state index contributed by atoms with van der Waals surface area (Å²) in [5.74, 6) is -0.512. The van der Waals surface area contributed by atoms with Gasteiger partial charge in [0.15, 0.2) is 0 Å². The molecule has 0 aromatic heterocycles. The molecule has 0 aliphatic carbocycles. The van der Waals surface area contributed by atoms with E-state index in [2.05, 4.69) is 0 Å². The average molecular weight is 480 g/mol. The van der Waals surface area contributed by atoms with Crippen molar-refractivity contribution >= 4 is 29.5 Å². The second kappa shape index (κ2) is 9.40. The van der Waals surface area contributed by atoms with Gasteiger partial charge in [0.2, 0.25) is 0 Å². The van der Waals surface area contributed by atoms with Crippen molar-refractivity contribution in [2.45, 2.75) is 33.3 Å². The lowest BCUT2D eigenvalue weighted by Crippen LogP contribution is -2.51. The van der Waals surface area contributed by atoms with Crippen LogP contribution in [0.25, 0.3) is 0 Å². The molecule has 4 amide bonds. The summed E-state index contributed by atoms with van der Waals surface area (Å²) in [6.07, 6.45) is -0.402. The molecule has 0 bridgehead atoms. The Labute approximate surface area is 204 Å². The number of anilines is 1. The molecule has 2 aromatic carbocycles. The maximum absolute atomic E-state index is 13.1. The van der Waals surface area contributed by atoms with E-state index in [-0.39, 0.29) is 17.0 Å². The number of nitrogens with zero attached hydrogens (tertiary/aromatic N) is 3. The zero-order valence-electron chi connectivity index (χ0n) is 20.4. The number of piperazine rings is 1. The smallest absolute Gasteiger partial charge is 0.410 e. The van der Waals surface area contributed by atoms with Crippen molar-refractivity contribution in [1.29, 1.82) is 0 Å². The molecule has 4 rings (SSSR count). The van der Waals surface area contributed by atoms with Crippen molar-refractivity contribution in [2.24, 2.45) is 0 Å². The van der Waals surface area contributed by atoms with Gasteiger partial charge in [-0.1, -0.05) is 0 Å². The van der Waals surface area contributed by atoms with Gasteiger partial charge in [0.1, 0.15) is 11.4 Å². The Bertz CT molecular complexity index is 1160. The first kappa shape index (κ1) is 24.3. The highest BCUT2D eigenvalue weighted by atomic mass is 16.6. The molecule has 184 valence electrons. The fourth-order valence-corrected chi connectivity index (χ4v) is 4.07. The molecule has 1 fully saturated rings. The molecule has 9 heteroatoms. The number of benzene rings is 2. The van der Waals surface area contributed by atoms with Crippen molar-refractivity contribution in [3.05, 3.63) is 59.2 Å². The van der Waals surface area contributed by atoms with Crippen LogP contribution in [0.1, 0.15) is 58.8 Å². The third-order valence-electron chi connectivity index (χ3n) is 5.76. The number of hydrogen-bond donors (Lipinski definition) is 0. The third kappa shape index (κ3) is 4.99. The largest absolute Gasteiger partial charge is 0.494 e. The lowest BCUT2D eigenvalue weighted by molar-refractivity contribution is 0.0141. The number of imide groups is 1. The van der Waals surface area contributed by atoms with Crippen LogP contribution in [0.2, 0.25) is 0 Å². The predicted molar refractivity (Wildman–Crippen MR) is 129 cm³/mol. The minimum Gasteiger partial charge on any atom is -0.494 e. The topological polar surface area (TPSA) is 96.5 Å². The van der Waals surface area contributed by atoms with Gasteiger partial charge in [0.05, 0.1) is 23.4 Å². The van der Waals surface area contributed by atoms with Crippen molar-refractivity contribution in [3.8, 4) is 5.75 Å². The molecule has 35 heavy (non-hydrogen) atoms. The molecule has 0 spiro atoms. The highest BCUT2D eigenvalue weighted by Crippen LogP contribution is 2.30. The van der Waals surface area contributed by atoms with Gasteiger partial charge < -0.3 is 19.3 Å². The maximum Gasteiger partial charge on any atom is 0.410 e. The molecule has 2 heterocycles. The normalized spacial score (nSPS) is 15.8. The Morgan fingerprint density at radius 1 is 0.857 bits per heavy atom. The first-order valence-electron chi connectivity index (χ1n) is 11.6. The molecule has 2 aliphatic rings. The number of carbonyl (C=O) groups is 4. The van der Waals surface area contributed by atoms with Crippen molar-refractivity contribution in [3.63, 3.8) is 0 Å². The number of hydrogen-bond acceptors (Lipinski definition) is 6. The number of rotatable bonds is 4. The fourth-order valence-electron chi connectivity index (χ4n) is 4.07. The summed E-state index contributed by atoms with van der Waals surface area (Å²) in [6.45, 7) is 9.21. The van der Waals surface area contributed by atoms with Crippen LogP contribution in [0.5, 0.6) is 5.75 Å². The number of ether oxygens (including phenoxy) is 2. The molecule has 0 saturated carbocycles. The summed E-state index contributed by atoms with van der Waals surface area (Å²) in [4.78, 5) is 55.7. The van der Waals surface area contributed by atoms with Gasteiger partial charge in [-0.3, -0.25) is 14.4 Å².